The number of halogens is 1. The van der Waals surface area contributed by atoms with Crippen LogP contribution in [0.2, 0.25) is 5.02 Å². The van der Waals surface area contributed by atoms with Crippen LogP contribution < -0.4 is 11.0 Å². The molecule has 1 saturated heterocycles. The standard InChI is InChI=1S/C30H28ClN5O2/c1-3-13-35-26-12-9-20(14-21(26)17-32-35)27-16-25(34-36(27)18(2)37)29-28(19-7-5-4-6-8-19)23-15-22(31)10-11-24(23)33-30(29)38/h4-12,14-15,17,25,27,34H,3,13,16H2,1-2H3,(H,33,38). The maximum atomic E-state index is 13.6. The van der Waals surface area contributed by atoms with Crippen LogP contribution in [-0.2, 0) is 11.3 Å². The van der Waals surface area contributed by atoms with E-state index in [9.17, 15) is 9.59 Å². The fourth-order valence-electron chi connectivity index (χ4n) is 5.65. The van der Waals surface area contributed by atoms with Crippen molar-refractivity contribution in [3.63, 3.8) is 0 Å². The highest BCUT2D eigenvalue weighted by Gasteiger charge is 2.38. The van der Waals surface area contributed by atoms with E-state index in [1.807, 2.05) is 53.3 Å². The second kappa shape index (κ2) is 9.74. The molecule has 8 heteroatoms. The lowest BCUT2D eigenvalue weighted by Crippen LogP contribution is -2.38. The molecule has 3 heterocycles. The Labute approximate surface area is 225 Å². The van der Waals surface area contributed by atoms with Gasteiger partial charge >= 0.3 is 0 Å². The quantitative estimate of drug-likeness (QED) is 0.288. The Morgan fingerprint density at radius 2 is 1.92 bits per heavy atom. The molecule has 7 nitrogen and oxygen atoms in total. The molecule has 6 rings (SSSR count). The number of H-pyrrole nitrogens is 1. The Balaban J connectivity index is 1.48. The van der Waals surface area contributed by atoms with Crippen molar-refractivity contribution in [3.05, 3.63) is 99.4 Å². The number of benzene rings is 3. The third-order valence-electron chi connectivity index (χ3n) is 7.31. The second-order valence-corrected chi connectivity index (χ2v) is 10.2. The van der Waals surface area contributed by atoms with E-state index in [2.05, 4.69) is 40.6 Å². The number of carbonyl (C=O) groups excluding carboxylic acids is 1. The van der Waals surface area contributed by atoms with E-state index in [0.29, 0.717) is 17.0 Å². The highest BCUT2D eigenvalue weighted by atomic mass is 35.5. The maximum Gasteiger partial charge on any atom is 0.253 e. The number of nitrogens with one attached hydrogen (secondary N) is 2. The minimum atomic E-state index is -0.384. The Bertz CT molecular complexity index is 1730. The number of aryl methyl sites for hydroxylation is 1. The lowest BCUT2D eigenvalue weighted by atomic mass is 9.89. The summed E-state index contributed by atoms with van der Waals surface area (Å²) in [6, 6.07) is 20.9. The van der Waals surface area contributed by atoms with Crippen molar-refractivity contribution < 1.29 is 4.79 Å². The van der Waals surface area contributed by atoms with E-state index in [1.54, 1.807) is 18.0 Å². The molecule has 0 spiro atoms. The van der Waals surface area contributed by atoms with Crippen LogP contribution in [0.5, 0.6) is 0 Å². The maximum absolute atomic E-state index is 13.6. The molecule has 38 heavy (non-hydrogen) atoms. The predicted molar refractivity (Wildman–Crippen MR) is 151 cm³/mol. The number of pyridine rings is 1. The van der Waals surface area contributed by atoms with Gasteiger partial charge < -0.3 is 4.98 Å². The van der Waals surface area contributed by atoms with Crippen molar-refractivity contribution in [2.75, 3.05) is 0 Å². The van der Waals surface area contributed by atoms with Crippen LogP contribution in [0.4, 0.5) is 0 Å². The van der Waals surface area contributed by atoms with Gasteiger partial charge in [-0.3, -0.25) is 19.3 Å². The van der Waals surface area contributed by atoms with Gasteiger partial charge in [-0.1, -0.05) is 54.9 Å². The van der Waals surface area contributed by atoms with Crippen molar-refractivity contribution >= 4 is 39.3 Å². The molecule has 2 atom stereocenters. The largest absolute Gasteiger partial charge is 0.322 e. The number of rotatable bonds is 5. The van der Waals surface area contributed by atoms with Gasteiger partial charge in [0.15, 0.2) is 0 Å². The van der Waals surface area contributed by atoms with Gasteiger partial charge in [-0.15, -0.1) is 0 Å². The molecule has 1 fully saturated rings. The zero-order valence-corrected chi connectivity index (χ0v) is 22.0. The summed E-state index contributed by atoms with van der Waals surface area (Å²) >= 11 is 6.40. The van der Waals surface area contributed by atoms with E-state index in [4.69, 9.17) is 11.6 Å². The first-order valence-corrected chi connectivity index (χ1v) is 13.2. The molecule has 3 aromatic carbocycles. The number of nitrogens with zero attached hydrogens (tertiary/aromatic N) is 3. The van der Waals surface area contributed by atoms with Gasteiger partial charge in [0.25, 0.3) is 5.56 Å². The monoisotopic (exact) mass is 525 g/mol. The van der Waals surface area contributed by atoms with E-state index in [-0.39, 0.29) is 23.6 Å². The zero-order chi connectivity index (χ0) is 26.4. The van der Waals surface area contributed by atoms with Crippen LogP contribution in [0.3, 0.4) is 0 Å². The van der Waals surface area contributed by atoms with Crippen molar-refractivity contribution in [3.8, 4) is 11.1 Å². The molecule has 2 aromatic heterocycles. The molecule has 5 aromatic rings. The van der Waals surface area contributed by atoms with Gasteiger partial charge in [-0.2, -0.15) is 5.10 Å². The van der Waals surface area contributed by atoms with Crippen molar-refractivity contribution in [2.45, 2.75) is 45.3 Å². The topological polar surface area (TPSA) is 83.0 Å². The van der Waals surface area contributed by atoms with Gasteiger partial charge in [-0.25, -0.2) is 5.43 Å². The predicted octanol–water partition coefficient (Wildman–Crippen LogP) is 6.15. The number of aromatic nitrogens is 3. The number of hydrogen-bond donors (Lipinski definition) is 2. The van der Waals surface area contributed by atoms with Crippen LogP contribution >= 0.6 is 11.6 Å². The smallest absolute Gasteiger partial charge is 0.253 e. The van der Waals surface area contributed by atoms with Crippen LogP contribution in [0.1, 0.15) is 49.9 Å². The summed E-state index contributed by atoms with van der Waals surface area (Å²) in [7, 11) is 0. The molecule has 1 aliphatic rings. The van der Waals surface area contributed by atoms with Crippen LogP contribution in [0, 0.1) is 0 Å². The molecule has 192 valence electrons. The normalized spacial score (nSPS) is 17.5. The molecule has 0 bridgehead atoms. The average molecular weight is 526 g/mol. The SMILES string of the molecule is CCCn1ncc2cc(C3CC(c4c(-c5ccccc5)c5cc(Cl)ccc5[nH]c4=O)NN3C(C)=O)ccc21. The number of carbonyl (C=O) groups is 1. The molecule has 0 radical (unpaired) electrons. The van der Waals surface area contributed by atoms with E-state index in [0.717, 1.165) is 51.5 Å². The number of hydrogen-bond acceptors (Lipinski definition) is 4. The fraction of sp³-hybridized carbons (Fsp3) is 0.233. The number of fused-ring (bicyclic) bond motifs is 2. The van der Waals surface area contributed by atoms with Gasteiger partial charge in [0.2, 0.25) is 5.91 Å². The first kappa shape index (κ1) is 24.4. The summed E-state index contributed by atoms with van der Waals surface area (Å²) in [4.78, 5) is 29.5. The summed E-state index contributed by atoms with van der Waals surface area (Å²) in [5, 5.41) is 8.67. The summed E-state index contributed by atoms with van der Waals surface area (Å²) in [5.74, 6) is -0.110. The fourth-order valence-corrected chi connectivity index (χ4v) is 5.82. The number of amides is 1. The molecular formula is C30H28ClN5O2. The summed E-state index contributed by atoms with van der Waals surface area (Å²) < 4.78 is 2.00. The van der Waals surface area contributed by atoms with E-state index in [1.165, 1.54) is 0 Å². The van der Waals surface area contributed by atoms with Gasteiger partial charge in [0.1, 0.15) is 0 Å². The lowest BCUT2D eigenvalue weighted by Gasteiger charge is -2.23. The molecule has 0 saturated carbocycles. The molecule has 0 aliphatic carbocycles. The van der Waals surface area contributed by atoms with Crippen LogP contribution in [0.15, 0.2) is 77.7 Å². The highest BCUT2D eigenvalue weighted by Crippen LogP contribution is 2.42. The van der Waals surface area contributed by atoms with Crippen molar-refractivity contribution in [2.24, 2.45) is 0 Å². The Hall–Kier alpha value is -3.94. The summed E-state index contributed by atoms with van der Waals surface area (Å²) in [5.41, 5.74) is 8.31. The Morgan fingerprint density at radius 1 is 1.11 bits per heavy atom. The number of hydrazine groups is 1. The lowest BCUT2D eigenvalue weighted by molar-refractivity contribution is -0.132. The van der Waals surface area contributed by atoms with Gasteiger partial charge in [0, 0.05) is 45.9 Å². The minimum absolute atomic E-state index is 0.110. The van der Waals surface area contributed by atoms with Crippen LogP contribution in [-0.4, -0.2) is 25.7 Å². The van der Waals surface area contributed by atoms with Crippen molar-refractivity contribution in [1.82, 2.24) is 25.2 Å². The number of aromatic amines is 1. The first-order chi connectivity index (χ1) is 18.4. The average Bonchev–Trinajstić information content (AvgIpc) is 3.53. The minimum Gasteiger partial charge on any atom is -0.322 e. The van der Waals surface area contributed by atoms with E-state index >= 15 is 0 Å². The third-order valence-corrected chi connectivity index (χ3v) is 7.55. The summed E-state index contributed by atoms with van der Waals surface area (Å²) in [6.07, 6.45) is 3.42. The molecule has 1 aliphatic heterocycles. The Morgan fingerprint density at radius 3 is 2.68 bits per heavy atom. The van der Waals surface area contributed by atoms with Crippen LogP contribution in [0.25, 0.3) is 32.9 Å². The first-order valence-electron chi connectivity index (χ1n) is 12.9. The van der Waals surface area contributed by atoms with Gasteiger partial charge in [-0.05, 0) is 54.3 Å². The summed E-state index contributed by atoms with van der Waals surface area (Å²) in [6.45, 7) is 4.53. The molecular weight excluding hydrogens is 498 g/mol. The van der Waals surface area contributed by atoms with Crippen molar-refractivity contribution in [1.29, 1.82) is 0 Å². The Kier molecular flexibility index (Phi) is 6.26. The second-order valence-electron chi connectivity index (χ2n) is 9.81. The zero-order valence-electron chi connectivity index (χ0n) is 21.2. The van der Waals surface area contributed by atoms with Gasteiger partial charge in [0.05, 0.1) is 23.8 Å². The molecule has 2 N–H and O–H groups in total. The highest BCUT2D eigenvalue weighted by molar-refractivity contribution is 6.31. The molecule has 1 amide bonds. The third kappa shape index (κ3) is 4.18. The van der Waals surface area contributed by atoms with E-state index < -0.39 is 0 Å². The molecule has 2 unspecified atom stereocenters.